The van der Waals surface area contributed by atoms with Gasteiger partial charge in [-0.25, -0.2) is 0 Å². The first-order chi connectivity index (χ1) is 6.74. The monoisotopic (exact) mass is 203 g/mol. The van der Waals surface area contributed by atoms with E-state index in [-0.39, 0.29) is 0 Å². The summed E-state index contributed by atoms with van der Waals surface area (Å²) in [6.07, 6.45) is 0. The van der Waals surface area contributed by atoms with Crippen LogP contribution < -0.4 is 5.73 Å². The van der Waals surface area contributed by atoms with Gasteiger partial charge in [0.05, 0.1) is 16.1 Å². The van der Waals surface area contributed by atoms with E-state index in [9.17, 15) is 0 Å². The van der Waals surface area contributed by atoms with Crippen molar-refractivity contribution in [2.45, 2.75) is 6.92 Å². The average molecular weight is 203 g/mol. The summed E-state index contributed by atoms with van der Waals surface area (Å²) in [5.74, 6) is 0.452. The fraction of sp³-hybridized carbons (Fsp3) is 0.100. The standard InChI is InChI=1S/C10H9N3S/c1-6-7(5-11)10(12)13-9(6)8-3-2-4-14-8/h2-4,13H,12H2,1H3. The summed E-state index contributed by atoms with van der Waals surface area (Å²) in [6, 6.07) is 6.07. The van der Waals surface area contributed by atoms with Crippen LogP contribution in [-0.4, -0.2) is 4.98 Å². The maximum atomic E-state index is 8.86. The van der Waals surface area contributed by atoms with E-state index in [2.05, 4.69) is 11.1 Å². The Hall–Kier alpha value is -1.73. The second-order valence-corrected chi connectivity index (χ2v) is 3.95. The van der Waals surface area contributed by atoms with Crippen LogP contribution in [0, 0.1) is 18.3 Å². The van der Waals surface area contributed by atoms with Crippen molar-refractivity contribution in [3.8, 4) is 16.6 Å². The largest absolute Gasteiger partial charge is 0.384 e. The molecule has 0 bridgehead atoms. The summed E-state index contributed by atoms with van der Waals surface area (Å²) >= 11 is 1.63. The van der Waals surface area contributed by atoms with Crippen molar-refractivity contribution in [1.29, 1.82) is 5.26 Å². The molecule has 2 aromatic rings. The van der Waals surface area contributed by atoms with Gasteiger partial charge in [0.15, 0.2) is 0 Å². The van der Waals surface area contributed by atoms with Gasteiger partial charge in [0.2, 0.25) is 0 Å². The number of nitrogen functional groups attached to an aromatic ring is 1. The predicted molar refractivity (Wildman–Crippen MR) is 58.0 cm³/mol. The van der Waals surface area contributed by atoms with Gasteiger partial charge < -0.3 is 10.7 Å². The number of aromatic amines is 1. The minimum Gasteiger partial charge on any atom is -0.384 e. The fourth-order valence-corrected chi connectivity index (χ4v) is 2.21. The van der Waals surface area contributed by atoms with E-state index in [0.29, 0.717) is 11.4 Å². The van der Waals surface area contributed by atoms with Crippen LogP contribution >= 0.6 is 11.3 Å². The Kier molecular flexibility index (Phi) is 2.02. The first-order valence-corrected chi connectivity index (χ1v) is 5.04. The third kappa shape index (κ3) is 1.19. The second-order valence-electron chi connectivity index (χ2n) is 3.00. The minimum absolute atomic E-state index is 0.452. The maximum absolute atomic E-state index is 8.86. The van der Waals surface area contributed by atoms with E-state index >= 15 is 0 Å². The lowest BCUT2D eigenvalue weighted by Gasteiger charge is -1.93. The van der Waals surface area contributed by atoms with Crippen molar-refractivity contribution in [3.05, 3.63) is 28.6 Å². The Balaban J connectivity index is 2.63. The van der Waals surface area contributed by atoms with Gasteiger partial charge in [0.25, 0.3) is 0 Å². The molecule has 0 amide bonds. The molecular weight excluding hydrogens is 194 g/mol. The summed E-state index contributed by atoms with van der Waals surface area (Å²) in [4.78, 5) is 4.14. The lowest BCUT2D eigenvalue weighted by atomic mass is 10.1. The van der Waals surface area contributed by atoms with Gasteiger partial charge in [-0.2, -0.15) is 5.26 Å². The van der Waals surface area contributed by atoms with E-state index in [1.807, 2.05) is 24.4 Å². The van der Waals surface area contributed by atoms with Gasteiger partial charge in [-0.1, -0.05) is 6.07 Å². The van der Waals surface area contributed by atoms with Gasteiger partial charge in [-0.3, -0.25) is 0 Å². The molecule has 70 valence electrons. The van der Waals surface area contributed by atoms with E-state index in [1.54, 1.807) is 11.3 Å². The zero-order chi connectivity index (χ0) is 10.1. The lowest BCUT2D eigenvalue weighted by Crippen LogP contribution is -1.86. The normalized spacial score (nSPS) is 10.0. The second kappa shape index (κ2) is 3.20. The number of thiophene rings is 1. The summed E-state index contributed by atoms with van der Waals surface area (Å²) in [7, 11) is 0. The highest BCUT2D eigenvalue weighted by Gasteiger charge is 2.13. The first-order valence-electron chi connectivity index (χ1n) is 4.16. The summed E-state index contributed by atoms with van der Waals surface area (Å²) in [6.45, 7) is 1.90. The molecular formula is C10H9N3S. The Labute approximate surface area is 85.8 Å². The number of nitriles is 1. The van der Waals surface area contributed by atoms with E-state index in [4.69, 9.17) is 11.0 Å². The Bertz CT molecular complexity index is 488. The van der Waals surface area contributed by atoms with Crippen LogP contribution in [0.3, 0.4) is 0 Å². The quantitative estimate of drug-likeness (QED) is 0.747. The lowest BCUT2D eigenvalue weighted by molar-refractivity contribution is 1.40. The molecule has 0 aliphatic heterocycles. The highest BCUT2D eigenvalue weighted by Crippen LogP contribution is 2.31. The molecule has 0 aromatic carbocycles. The zero-order valence-corrected chi connectivity index (χ0v) is 8.48. The molecule has 14 heavy (non-hydrogen) atoms. The fourth-order valence-electron chi connectivity index (χ4n) is 1.43. The van der Waals surface area contributed by atoms with Crippen LogP contribution in [0.5, 0.6) is 0 Å². The highest BCUT2D eigenvalue weighted by molar-refractivity contribution is 7.13. The Morgan fingerprint density at radius 3 is 2.86 bits per heavy atom. The van der Waals surface area contributed by atoms with E-state index in [0.717, 1.165) is 16.1 Å². The number of anilines is 1. The number of hydrogen-bond acceptors (Lipinski definition) is 3. The summed E-state index contributed by atoms with van der Waals surface area (Å²) < 4.78 is 0. The van der Waals surface area contributed by atoms with Crippen molar-refractivity contribution < 1.29 is 0 Å². The topological polar surface area (TPSA) is 65.6 Å². The van der Waals surface area contributed by atoms with Gasteiger partial charge >= 0.3 is 0 Å². The van der Waals surface area contributed by atoms with Crippen LogP contribution in [0.25, 0.3) is 10.6 Å². The zero-order valence-electron chi connectivity index (χ0n) is 7.66. The molecule has 0 radical (unpaired) electrons. The summed E-state index contributed by atoms with van der Waals surface area (Å²) in [5.41, 5.74) is 8.11. The minimum atomic E-state index is 0.452. The van der Waals surface area contributed by atoms with Crippen molar-refractivity contribution in [3.63, 3.8) is 0 Å². The molecule has 2 rings (SSSR count). The molecule has 0 atom stereocenters. The molecule has 3 N–H and O–H groups in total. The molecule has 0 fully saturated rings. The average Bonchev–Trinajstić information content (AvgIpc) is 2.74. The van der Waals surface area contributed by atoms with Crippen molar-refractivity contribution in [2.24, 2.45) is 0 Å². The van der Waals surface area contributed by atoms with Crippen LogP contribution in [0.4, 0.5) is 5.82 Å². The summed E-state index contributed by atoms with van der Waals surface area (Å²) in [5, 5.41) is 10.9. The third-order valence-electron chi connectivity index (χ3n) is 2.16. The number of hydrogen-bond donors (Lipinski definition) is 2. The number of nitrogens with zero attached hydrogens (tertiary/aromatic N) is 1. The van der Waals surface area contributed by atoms with Gasteiger partial charge in [-0.15, -0.1) is 11.3 Å². The molecule has 0 aliphatic carbocycles. The molecule has 2 aromatic heterocycles. The van der Waals surface area contributed by atoms with Crippen LogP contribution in [0.2, 0.25) is 0 Å². The molecule has 3 nitrogen and oxygen atoms in total. The molecule has 0 unspecified atom stereocenters. The molecule has 0 aliphatic rings. The van der Waals surface area contributed by atoms with Crippen molar-refractivity contribution in [1.82, 2.24) is 4.98 Å². The number of aromatic nitrogens is 1. The van der Waals surface area contributed by atoms with Crippen molar-refractivity contribution in [2.75, 3.05) is 5.73 Å². The van der Waals surface area contributed by atoms with Crippen LogP contribution in [-0.2, 0) is 0 Å². The van der Waals surface area contributed by atoms with Crippen molar-refractivity contribution >= 4 is 17.2 Å². The molecule has 2 heterocycles. The highest BCUT2D eigenvalue weighted by atomic mass is 32.1. The number of rotatable bonds is 1. The Morgan fingerprint density at radius 2 is 2.36 bits per heavy atom. The number of nitrogens with two attached hydrogens (primary N) is 1. The van der Waals surface area contributed by atoms with Gasteiger partial charge in [-0.05, 0) is 23.9 Å². The first kappa shape index (κ1) is 8.85. The molecule has 0 saturated heterocycles. The SMILES string of the molecule is Cc1c(-c2cccs2)[nH]c(N)c1C#N. The molecule has 0 saturated carbocycles. The van der Waals surface area contributed by atoms with Gasteiger partial charge in [0.1, 0.15) is 11.9 Å². The van der Waals surface area contributed by atoms with Crippen LogP contribution in [0.15, 0.2) is 17.5 Å². The molecule has 4 heteroatoms. The van der Waals surface area contributed by atoms with E-state index in [1.165, 1.54) is 0 Å². The number of H-pyrrole nitrogens is 1. The maximum Gasteiger partial charge on any atom is 0.119 e. The smallest absolute Gasteiger partial charge is 0.119 e. The molecule has 0 spiro atoms. The van der Waals surface area contributed by atoms with Gasteiger partial charge in [0, 0.05) is 0 Å². The van der Waals surface area contributed by atoms with Crippen LogP contribution in [0.1, 0.15) is 11.1 Å². The van der Waals surface area contributed by atoms with E-state index < -0.39 is 0 Å². The third-order valence-corrected chi connectivity index (χ3v) is 3.05. The predicted octanol–water partition coefficient (Wildman–Crippen LogP) is 2.51. The number of nitrogens with one attached hydrogen (secondary N) is 1. The Morgan fingerprint density at radius 1 is 1.57 bits per heavy atom.